The van der Waals surface area contributed by atoms with Crippen molar-refractivity contribution < 1.29 is 9.90 Å². The molecule has 2 rings (SSSR count). The molecule has 0 aliphatic carbocycles. The van der Waals surface area contributed by atoms with Crippen LogP contribution in [-0.4, -0.2) is 16.1 Å². The lowest BCUT2D eigenvalue weighted by Gasteiger charge is -2.05. The van der Waals surface area contributed by atoms with Crippen LogP contribution in [0.15, 0.2) is 42.6 Å². The van der Waals surface area contributed by atoms with Gasteiger partial charge in [0.1, 0.15) is 0 Å². The predicted molar refractivity (Wildman–Crippen MR) is 66.0 cm³/mol. The summed E-state index contributed by atoms with van der Waals surface area (Å²) in [5.74, 6) is -0.893. The lowest BCUT2D eigenvalue weighted by Crippen LogP contribution is -2.01. The van der Waals surface area contributed by atoms with Crippen LogP contribution in [0.3, 0.4) is 0 Å². The van der Waals surface area contributed by atoms with Crippen molar-refractivity contribution in [1.29, 1.82) is 0 Å². The van der Waals surface area contributed by atoms with E-state index >= 15 is 0 Å². The molecule has 0 aliphatic rings. The quantitative estimate of drug-likeness (QED) is 0.907. The Morgan fingerprint density at radius 2 is 2.00 bits per heavy atom. The lowest BCUT2D eigenvalue weighted by atomic mass is 10.1. The Morgan fingerprint density at radius 3 is 2.59 bits per heavy atom. The second-order valence-corrected chi connectivity index (χ2v) is 4.02. The number of halogens is 1. The van der Waals surface area contributed by atoms with E-state index in [2.05, 4.69) is 4.98 Å². The van der Waals surface area contributed by atoms with E-state index in [9.17, 15) is 4.79 Å². The summed E-state index contributed by atoms with van der Waals surface area (Å²) in [5, 5.41) is 9.14. The van der Waals surface area contributed by atoms with Gasteiger partial charge in [0.05, 0.1) is 17.1 Å². The average molecular weight is 248 g/mol. The zero-order valence-electron chi connectivity index (χ0n) is 8.93. The Kier molecular flexibility index (Phi) is 3.40. The zero-order chi connectivity index (χ0) is 12.3. The van der Waals surface area contributed by atoms with E-state index in [0.717, 1.165) is 5.56 Å². The van der Waals surface area contributed by atoms with Crippen LogP contribution >= 0.6 is 11.6 Å². The minimum Gasteiger partial charge on any atom is -0.481 e. The first-order valence-corrected chi connectivity index (χ1v) is 5.46. The number of aliphatic carboxylic acids is 1. The first kappa shape index (κ1) is 11.6. The number of rotatable bonds is 3. The Morgan fingerprint density at radius 1 is 1.29 bits per heavy atom. The van der Waals surface area contributed by atoms with E-state index in [1.54, 1.807) is 12.3 Å². The highest BCUT2D eigenvalue weighted by atomic mass is 35.5. The van der Waals surface area contributed by atoms with E-state index in [-0.39, 0.29) is 6.42 Å². The normalized spacial score (nSPS) is 10.2. The van der Waals surface area contributed by atoms with Gasteiger partial charge < -0.3 is 5.11 Å². The highest BCUT2D eigenvalue weighted by Gasteiger charge is 2.07. The van der Waals surface area contributed by atoms with E-state index in [0.29, 0.717) is 16.3 Å². The minimum atomic E-state index is -0.893. The summed E-state index contributed by atoms with van der Waals surface area (Å²) >= 11 is 6.09. The molecular weight excluding hydrogens is 238 g/mol. The van der Waals surface area contributed by atoms with Gasteiger partial charge in [-0.25, -0.2) is 0 Å². The minimum absolute atomic E-state index is 0.0677. The van der Waals surface area contributed by atoms with Crippen molar-refractivity contribution in [2.75, 3.05) is 0 Å². The molecule has 1 aromatic heterocycles. The van der Waals surface area contributed by atoms with Gasteiger partial charge in [0.25, 0.3) is 0 Å². The molecule has 0 spiro atoms. The van der Waals surface area contributed by atoms with Gasteiger partial charge in [0.15, 0.2) is 0 Å². The molecule has 0 atom stereocenters. The van der Waals surface area contributed by atoms with Gasteiger partial charge in [0, 0.05) is 11.8 Å². The summed E-state index contributed by atoms with van der Waals surface area (Å²) in [6.45, 7) is 0. The zero-order valence-corrected chi connectivity index (χ0v) is 9.69. The molecule has 0 fully saturated rings. The topological polar surface area (TPSA) is 50.2 Å². The molecule has 1 N–H and O–H groups in total. The first-order chi connectivity index (χ1) is 8.16. The number of benzene rings is 1. The number of pyridine rings is 1. The Labute approximate surface area is 104 Å². The average Bonchev–Trinajstić information content (AvgIpc) is 2.29. The molecule has 0 amide bonds. The fourth-order valence-electron chi connectivity index (χ4n) is 1.56. The third kappa shape index (κ3) is 2.82. The second kappa shape index (κ2) is 4.97. The van der Waals surface area contributed by atoms with Crippen LogP contribution in [0, 0.1) is 0 Å². The van der Waals surface area contributed by atoms with Crippen LogP contribution in [0.5, 0.6) is 0 Å². The van der Waals surface area contributed by atoms with Gasteiger partial charge in [-0.15, -0.1) is 0 Å². The maximum atomic E-state index is 10.6. The first-order valence-electron chi connectivity index (χ1n) is 5.08. The second-order valence-electron chi connectivity index (χ2n) is 3.61. The number of carboxylic acid groups (broad SMARTS) is 1. The van der Waals surface area contributed by atoms with Gasteiger partial charge in [-0.2, -0.15) is 0 Å². The monoisotopic (exact) mass is 247 g/mol. The fraction of sp³-hybridized carbons (Fsp3) is 0.0769. The Bertz CT molecular complexity index is 540. The Balaban J connectivity index is 2.35. The molecule has 0 radical (unpaired) electrons. The number of nitrogens with zero attached hydrogens (tertiary/aromatic N) is 1. The van der Waals surface area contributed by atoms with Gasteiger partial charge in [-0.1, -0.05) is 41.9 Å². The molecule has 0 aliphatic heterocycles. The molecule has 4 heteroatoms. The fourth-order valence-corrected chi connectivity index (χ4v) is 1.86. The number of aromatic nitrogens is 1. The number of hydrogen-bond acceptors (Lipinski definition) is 2. The van der Waals surface area contributed by atoms with Crippen LogP contribution in [0.2, 0.25) is 5.02 Å². The molecule has 86 valence electrons. The summed E-state index contributed by atoms with van der Waals surface area (Å²) in [6.07, 6.45) is 1.48. The molecule has 0 saturated heterocycles. The van der Waals surface area contributed by atoms with Crippen molar-refractivity contribution in [1.82, 2.24) is 4.98 Å². The predicted octanol–water partition coefficient (Wildman–Crippen LogP) is 3.03. The highest BCUT2D eigenvalue weighted by Crippen LogP contribution is 2.26. The van der Waals surface area contributed by atoms with Crippen molar-refractivity contribution in [3.8, 4) is 11.3 Å². The molecular formula is C13H10ClNO2. The van der Waals surface area contributed by atoms with Gasteiger partial charge >= 0.3 is 5.97 Å². The molecule has 2 aromatic rings. The highest BCUT2D eigenvalue weighted by molar-refractivity contribution is 6.33. The molecule has 1 aromatic carbocycles. The number of carboxylic acids is 1. The van der Waals surface area contributed by atoms with Crippen molar-refractivity contribution >= 4 is 17.6 Å². The van der Waals surface area contributed by atoms with Crippen LogP contribution in [0.4, 0.5) is 0 Å². The summed E-state index contributed by atoms with van der Waals surface area (Å²) in [5.41, 5.74) is 2.18. The van der Waals surface area contributed by atoms with Gasteiger partial charge in [0.2, 0.25) is 0 Å². The number of hydrogen-bond donors (Lipinski definition) is 1. The van der Waals surface area contributed by atoms with E-state index in [1.165, 1.54) is 0 Å². The van der Waals surface area contributed by atoms with Crippen LogP contribution in [-0.2, 0) is 11.2 Å². The largest absolute Gasteiger partial charge is 0.481 e. The summed E-state index contributed by atoms with van der Waals surface area (Å²) < 4.78 is 0. The molecule has 0 saturated carbocycles. The van der Waals surface area contributed by atoms with Crippen LogP contribution in [0.25, 0.3) is 11.3 Å². The molecule has 0 unspecified atom stereocenters. The molecule has 17 heavy (non-hydrogen) atoms. The van der Waals surface area contributed by atoms with E-state index in [4.69, 9.17) is 16.7 Å². The van der Waals surface area contributed by atoms with E-state index in [1.807, 2.05) is 30.3 Å². The smallest absolute Gasteiger partial charge is 0.307 e. The third-order valence-electron chi connectivity index (χ3n) is 2.30. The van der Waals surface area contributed by atoms with Crippen molar-refractivity contribution in [2.24, 2.45) is 0 Å². The lowest BCUT2D eigenvalue weighted by molar-refractivity contribution is -0.136. The molecule has 3 nitrogen and oxygen atoms in total. The maximum Gasteiger partial charge on any atom is 0.307 e. The summed E-state index contributed by atoms with van der Waals surface area (Å²) in [6, 6.07) is 11.2. The summed E-state index contributed by atoms with van der Waals surface area (Å²) in [7, 11) is 0. The van der Waals surface area contributed by atoms with Gasteiger partial charge in [-0.3, -0.25) is 9.78 Å². The molecule has 0 bridgehead atoms. The third-order valence-corrected chi connectivity index (χ3v) is 2.59. The van der Waals surface area contributed by atoms with Crippen LogP contribution < -0.4 is 0 Å². The van der Waals surface area contributed by atoms with Gasteiger partial charge in [-0.05, 0) is 11.6 Å². The standard InChI is InChI=1S/C13H10ClNO2/c14-11-6-9(7-12(16)17)8-15-13(11)10-4-2-1-3-5-10/h1-6,8H,7H2,(H,16,17). The number of carbonyl (C=O) groups is 1. The van der Waals surface area contributed by atoms with Crippen molar-refractivity contribution in [3.05, 3.63) is 53.2 Å². The van der Waals surface area contributed by atoms with Crippen LogP contribution in [0.1, 0.15) is 5.56 Å². The van der Waals surface area contributed by atoms with E-state index < -0.39 is 5.97 Å². The van der Waals surface area contributed by atoms with Crippen molar-refractivity contribution in [2.45, 2.75) is 6.42 Å². The Hall–Kier alpha value is -1.87. The molecule has 1 heterocycles. The maximum absolute atomic E-state index is 10.6. The van der Waals surface area contributed by atoms with Crippen molar-refractivity contribution in [3.63, 3.8) is 0 Å². The SMILES string of the molecule is O=C(O)Cc1cnc(-c2ccccc2)c(Cl)c1. The summed E-state index contributed by atoms with van der Waals surface area (Å²) in [4.78, 5) is 14.8.